The highest BCUT2D eigenvalue weighted by Crippen LogP contribution is 2.29. The zero-order valence-corrected chi connectivity index (χ0v) is 12.0. The van der Waals surface area contributed by atoms with Crippen LogP contribution in [0.3, 0.4) is 0 Å². The molecule has 1 saturated heterocycles. The normalized spacial score (nSPS) is 17.8. The average Bonchev–Trinajstić information content (AvgIpc) is 2.80. The second-order valence-corrected chi connectivity index (χ2v) is 6.54. The minimum absolute atomic E-state index is 0.194. The number of hydrogen-bond acceptors (Lipinski definition) is 4. The van der Waals surface area contributed by atoms with E-state index < -0.39 is 5.60 Å². The first-order chi connectivity index (χ1) is 8.46. The Balaban J connectivity index is 1.85. The third-order valence-electron chi connectivity index (χ3n) is 2.95. The summed E-state index contributed by atoms with van der Waals surface area (Å²) in [6.07, 6.45) is 3.61. The first kappa shape index (κ1) is 13.3. The third kappa shape index (κ3) is 3.45. The predicted octanol–water partition coefficient (Wildman–Crippen LogP) is 3.26. The molecule has 1 aliphatic rings. The molecule has 0 spiro atoms. The van der Waals surface area contributed by atoms with Crippen molar-refractivity contribution < 1.29 is 9.53 Å². The highest BCUT2D eigenvalue weighted by Gasteiger charge is 2.28. The topological polar surface area (TPSA) is 42.4 Å². The van der Waals surface area contributed by atoms with Crippen LogP contribution in [0.15, 0.2) is 11.6 Å². The van der Waals surface area contributed by atoms with Gasteiger partial charge in [0.2, 0.25) is 0 Å². The number of piperidine rings is 1. The second-order valence-electron chi connectivity index (χ2n) is 5.61. The van der Waals surface area contributed by atoms with Crippen LogP contribution in [0.2, 0.25) is 0 Å². The van der Waals surface area contributed by atoms with E-state index in [-0.39, 0.29) is 6.09 Å². The minimum Gasteiger partial charge on any atom is -0.444 e. The molecular formula is C13H20N2O2S. The fraction of sp³-hybridized carbons (Fsp3) is 0.692. The molecule has 0 N–H and O–H groups in total. The number of carbonyl (C=O) groups is 1. The molecule has 100 valence electrons. The Hall–Kier alpha value is -1.10. The van der Waals surface area contributed by atoms with Crippen molar-refractivity contribution in [3.63, 3.8) is 0 Å². The van der Waals surface area contributed by atoms with Crippen molar-refractivity contribution in [3.8, 4) is 0 Å². The zero-order valence-electron chi connectivity index (χ0n) is 11.2. The van der Waals surface area contributed by atoms with Gasteiger partial charge >= 0.3 is 6.09 Å². The SMILES string of the molecule is CC(C)(C)OC(=O)N1CCC(c2nccs2)CC1. The van der Waals surface area contributed by atoms with E-state index in [1.165, 1.54) is 5.01 Å². The largest absolute Gasteiger partial charge is 0.444 e. The molecule has 1 aliphatic heterocycles. The van der Waals surface area contributed by atoms with Crippen molar-refractivity contribution in [2.24, 2.45) is 0 Å². The van der Waals surface area contributed by atoms with Gasteiger partial charge in [-0.1, -0.05) is 0 Å². The van der Waals surface area contributed by atoms with E-state index >= 15 is 0 Å². The molecule has 4 nitrogen and oxygen atoms in total. The molecule has 2 rings (SSSR count). The molecular weight excluding hydrogens is 248 g/mol. The van der Waals surface area contributed by atoms with Crippen molar-refractivity contribution in [2.75, 3.05) is 13.1 Å². The van der Waals surface area contributed by atoms with Gasteiger partial charge in [-0.2, -0.15) is 0 Å². The number of likely N-dealkylation sites (tertiary alicyclic amines) is 1. The minimum atomic E-state index is -0.413. The number of carbonyl (C=O) groups excluding carboxylic acids is 1. The summed E-state index contributed by atoms with van der Waals surface area (Å²) in [6, 6.07) is 0. The van der Waals surface area contributed by atoms with Crippen molar-refractivity contribution in [3.05, 3.63) is 16.6 Å². The smallest absolute Gasteiger partial charge is 0.410 e. The summed E-state index contributed by atoms with van der Waals surface area (Å²) in [5.74, 6) is 0.503. The molecule has 0 aliphatic carbocycles. The highest BCUT2D eigenvalue weighted by molar-refractivity contribution is 7.09. The van der Waals surface area contributed by atoms with Crippen LogP contribution in [-0.4, -0.2) is 34.7 Å². The van der Waals surface area contributed by atoms with E-state index in [2.05, 4.69) is 4.98 Å². The maximum atomic E-state index is 11.9. The Morgan fingerprint density at radius 2 is 2.11 bits per heavy atom. The number of rotatable bonds is 1. The average molecular weight is 268 g/mol. The summed E-state index contributed by atoms with van der Waals surface area (Å²) >= 11 is 1.70. The lowest BCUT2D eigenvalue weighted by atomic mass is 9.98. The van der Waals surface area contributed by atoms with Gasteiger partial charge in [0, 0.05) is 30.6 Å². The Labute approximate surface area is 112 Å². The van der Waals surface area contributed by atoms with Gasteiger partial charge in [0.05, 0.1) is 5.01 Å². The monoisotopic (exact) mass is 268 g/mol. The first-order valence-electron chi connectivity index (χ1n) is 6.33. The van der Waals surface area contributed by atoms with Gasteiger partial charge in [0.15, 0.2) is 0 Å². The Morgan fingerprint density at radius 3 is 2.61 bits per heavy atom. The summed E-state index contributed by atoms with van der Waals surface area (Å²) < 4.78 is 5.38. The van der Waals surface area contributed by atoms with Gasteiger partial charge in [-0.25, -0.2) is 9.78 Å². The number of thiazole rings is 1. The van der Waals surface area contributed by atoms with Gasteiger partial charge in [-0.15, -0.1) is 11.3 Å². The maximum Gasteiger partial charge on any atom is 0.410 e. The highest BCUT2D eigenvalue weighted by atomic mass is 32.1. The molecule has 2 heterocycles. The van der Waals surface area contributed by atoms with Crippen molar-refractivity contribution in [2.45, 2.75) is 45.1 Å². The fourth-order valence-electron chi connectivity index (χ4n) is 2.07. The molecule has 0 bridgehead atoms. The Kier molecular flexibility index (Phi) is 3.90. The van der Waals surface area contributed by atoms with Gasteiger partial charge in [0.1, 0.15) is 5.60 Å². The number of aromatic nitrogens is 1. The molecule has 0 atom stereocenters. The maximum absolute atomic E-state index is 11.9. The van der Waals surface area contributed by atoms with Crippen LogP contribution in [0.4, 0.5) is 4.79 Å². The third-order valence-corrected chi connectivity index (χ3v) is 3.89. The van der Waals surface area contributed by atoms with Crippen LogP contribution in [0, 0.1) is 0 Å². The summed E-state index contributed by atoms with van der Waals surface area (Å²) in [6.45, 7) is 7.21. The summed E-state index contributed by atoms with van der Waals surface area (Å²) in [4.78, 5) is 18.1. The molecule has 5 heteroatoms. The van der Waals surface area contributed by atoms with E-state index in [1.807, 2.05) is 32.3 Å². The molecule has 1 aromatic rings. The predicted molar refractivity (Wildman–Crippen MR) is 71.9 cm³/mol. The molecule has 1 amide bonds. The van der Waals surface area contributed by atoms with Gasteiger partial charge in [-0.3, -0.25) is 0 Å². The fourth-order valence-corrected chi connectivity index (χ4v) is 2.88. The zero-order chi connectivity index (χ0) is 13.2. The number of hydrogen-bond donors (Lipinski definition) is 0. The number of amides is 1. The lowest BCUT2D eigenvalue weighted by molar-refractivity contribution is 0.0205. The Morgan fingerprint density at radius 1 is 1.44 bits per heavy atom. The van der Waals surface area contributed by atoms with E-state index in [1.54, 1.807) is 16.2 Å². The van der Waals surface area contributed by atoms with E-state index in [0.29, 0.717) is 5.92 Å². The van der Waals surface area contributed by atoms with Crippen LogP contribution < -0.4 is 0 Å². The van der Waals surface area contributed by atoms with Crippen LogP contribution in [-0.2, 0) is 4.74 Å². The van der Waals surface area contributed by atoms with Crippen LogP contribution >= 0.6 is 11.3 Å². The summed E-state index contributed by atoms with van der Waals surface area (Å²) in [5, 5.41) is 3.20. The summed E-state index contributed by atoms with van der Waals surface area (Å²) in [7, 11) is 0. The van der Waals surface area contributed by atoms with Crippen molar-refractivity contribution in [1.29, 1.82) is 0 Å². The van der Waals surface area contributed by atoms with Crippen molar-refractivity contribution in [1.82, 2.24) is 9.88 Å². The quantitative estimate of drug-likeness (QED) is 0.785. The van der Waals surface area contributed by atoms with Crippen molar-refractivity contribution >= 4 is 17.4 Å². The van der Waals surface area contributed by atoms with Gasteiger partial charge in [0.25, 0.3) is 0 Å². The Bertz CT molecular complexity index is 390. The molecule has 1 aromatic heterocycles. The van der Waals surface area contributed by atoms with E-state index in [9.17, 15) is 4.79 Å². The molecule has 0 radical (unpaired) electrons. The lowest BCUT2D eigenvalue weighted by Gasteiger charge is -2.32. The summed E-state index contributed by atoms with van der Waals surface area (Å²) in [5.41, 5.74) is -0.413. The second kappa shape index (κ2) is 5.26. The van der Waals surface area contributed by atoms with Gasteiger partial charge in [-0.05, 0) is 33.6 Å². The molecule has 0 unspecified atom stereocenters. The van der Waals surface area contributed by atoms with Gasteiger partial charge < -0.3 is 9.64 Å². The number of nitrogens with zero attached hydrogens (tertiary/aromatic N) is 2. The first-order valence-corrected chi connectivity index (χ1v) is 7.21. The van der Waals surface area contributed by atoms with Crippen LogP contribution in [0.1, 0.15) is 44.5 Å². The standard InChI is InChI=1S/C13H20N2O2S/c1-13(2,3)17-12(16)15-7-4-10(5-8-15)11-14-6-9-18-11/h6,9-10H,4-5,7-8H2,1-3H3. The number of ether oxygens (including phenoxy) is 1. The lowest BCUT2D eigenvalue weighted by Crippen LogP contribution is -2.41. The molecule has 0 aromatic carbocycles. The van der Waals surface area contributed by atoms with Crippen LogP contribution in [0.25, 0.3) is 0 Å². The van der Waals surface area contributed by atoms with E-state index in [0.717, 1.165) is 25.9 Å². The molecule has 18 heavy (non-hydrogen) atoms. The van der Waals surface area contributed by atoms with Crippen LogP contribution in [0.5, 0.6) is 0 Å². The van der Waals surface area contributed by atoms with E-state index in [4.69, 9.17) is 4.74 Å². The molecule has 0 saturated carbocycles. The molecule has 1 fully saturated rings.